The van der Waals surface area contributed by atoms with E-state index in [0.29, 0.717) is 18.6 Å². The van der Waals surface area contributed by atoms with E-state index in [9.17, 15) is 0 Å². The summed E-state index contributed by atoms with van der Waals surface area (Å²) in [4.78, 5) is 0. The molecule has 0 fully saturated rings. The van der Waals surface area contributed by atoms with Gasteiger partial charge in [0.05, 0.1) is 13.2 Å². The number of rotatable bonds is 7. The largest absolute Gasteiger partial charge is 0.376 e. The molecule has 78 valence electrons. The van der Waals surface area contributed by atoms with E-state index in [1.54, 1.807) is 0 Å². The predicted molar refractivity (Wildman–Crippen MR) is 57.9 cm³/mol. The maximum atomic E-state index is 5.36. The Morgan fingerprint density at radius 2 is 2.00 bits per heavy atom. The molecule has 0 aliphatic carbocycles. The van der Waals surface area contributed by atoms with Crippen molar-refractivity contribution in [3.05, 3.63) is 12.2 Å². The highest BCUT2D eigenvalue weighted by molar-refractivity contribution is 4.87. The summed E-state index contributed by atoms with van der Waals surface area (Å²) in [5.74, 6) is 0.682. The molecular weight excluding hydrogens is 162 g/mol. The summed E-state index contributed by atoms with van der Waals surface area (Å²) >= 11 is 0. The van der Waals surface area contributed by atoms with Crippen LogP contribution in [0.2, 0.25) is 0 Å². The number of hydrogen-bond acceptors (Lipinski definition) is 2. The molecule has 0 radical (unpaired) electrons. The first kappa shape index (κ1) is 12.7. The van der Waals surface area contributed by atoms with E-state index in [0.717, 1.165) is 18.7 Å². The molecule has 0 saturated carbocycles. The van der Waals surface area contributed by atoms with Crippen LogP contribution in [-0.2, 0) is 4.74 Å². The van der Waals surface area contributed by atoms with Gasteiger partial charge in [0, 0.05) is 12.6 Å². The van der Waals surface area contributed by atoms with Crippen LogP contribution in [0, 0.1) is 5.92 Å². The second kappa shape index (κ2) is 7.10. The first-order chi connectivity index (χ1) is 6.04. The van der Waals surface area contributed by atoms with E-state index in [1.807, 2.05) is 6.92 Å². The van der Waals surface area contributed by atoms with Crippen molar-refractivity contribution in [2.45, 2.75) is 33.7 Å². The van der Waals surface area contributed by atoms with Gasteiger partial charge in [-0.2, -0.15) is 0 Å². The monoisotopic (exact) mass is 185 g/mol. The molecule has 2 heteroatoms. The topological polar surface area (TPSA) is 21.3 Å². The molecule has 0 aliphatic rings. The van der Waals surface area contributed by atoms with Crippen LogP contribution in [0.15, 0.2) is 12.2 Å². The fourth-order valence-electron chi connectivity index (χ4n) is 0.841. The lowest BCUT2D eigenvalue weighted by molar-refractivity contribution is 0.154. The molecule has 0 bridgehead atoms. The van der Waals surface area contributed by atoms with Gasteiger partial charge in [-0.3, -0.25) is 0 Å². The second-order valence-electron chi connectivity index (χ2n) is 4.00. The van der Waals surface area contributed by atoms with Crippen molar-refractivity contribution in [2.75, 3.05) is 19.8 Å². The Morgan fingerprint density at radius 1 is 1.38 bits per heavy atom. The number of ether oxygens (including phenoxy) is 1. The summed E-state index contributed by atoms with van der Waals surface area (Å²) in [6, 6.07) is 0.563. The van der Waals surface area contributed by atoms with Crippen LogP contribution < -0.4 is 5.32 Å². The Morgan fingerprint density at radius 3 is 2.46 bits per heavy atom. The van der Waals surface area contributed by atoms with Crippen molar-refractivity contribution in [1.29, 1.82) is 0 Å². The Balaban J connectivity index is 3.21. The van der Waals surface area contributed by atoms with Gasteiger partial charge < -0.3 is 10.1 Å². The highest BCUT2D eigenvalue weighted by atomic mass is 16.5. The van der Waals surface area contributed by atoms with Crippen LogP contribution >= 0.6 is 0 Å². The van der Waals surface area contributed by atoms with Crippen molar-refractivity contribution < 1.29 is 4.74 Å². The van der Waals surface area contributed by atoms with Crippen LogP contribution in [-0.4, -0.2) is 25.8 Å². The molecule has 0 saturated heterocycles. The van der Waals surface area contributed by atoms with Gasteiger partial charge in [0.1, 0.15) is 0 Å². The Labute approximate surface area is 82.4 Å². The zero-order valence-corrected chi connectivity index (χ0v) is 9.39. The zero-order valence-electron chi connectivity index (χ0n) is 9.39. The van der Waals surface area contributed by atoms with Crippen molar-refractivity contribution in [3.63, 3.8) is 0 Å². The van der Waals surface area contributed by atoms with Crippen molar-refractivity contribution in [1.82, 2.24) is 5.32 Å². The highest BCUT2D eigenvalue weighted by Gasteiger charge is 2.04. The zero-order chi connectivity index (χ0) is 10.3. The Kier molecular flexibility index (Phi) is 6.92. The fraction of sp³-hybridized carbons (Fsp3) is 0.818. The maximum absolute atomic E-state index is 5.36. The van der Waals surface area contributed by atoms with Crippen molar-refractivity contribution in [2.24, 2.45) is 5.92 Å². The number of hydrogen-bond donors (Lipinski definition) is 1. The Hall–Kier alpha value is -0.340. The molecule has 0 aromatic heterocycles. The summed E-state index contributed by atoms with van der Waals surface area (Å²) in [7, 11) is 0. The van der Waals surface area contributed by atoms with Gasteiger partial charge in [0.2, 0.25) is 0 Å². The average Bonchev–Trinajstić information content (AvgIpc) is 2.02. The van der Waals surface area contributed by atoms with Gasteiger partial charge in [0.25, 0.3) is 0 Å². The van der Waals surface area contributed by atoms with E-state index < -0.39 is 0 Å². The molecule has 0 aromatic carbocycles. The summed E-state index contributed by atoms with van der Waals surface area (Å²) in [6.45, 7) is 14.7. The predicted octanol–water partition coefficient (Wildman–Crippen LogP) is 2.21. The first-order valence-electron chi connectivity index (χ1n) is 4.99. The van der Waals surface area contributed by atoms with E-state index in [4.69, 9.17) is 4.74 Å². The average molecular weight is 185 g/mol. The van der Waals surface area contributed by atoms with Gasteiger partial charge in [0.15, 0.2) is 0 Å². The molecule has 0 aromatic rings. The Bertz CT molecular complexity index is 143. The molecule has 0 spiro atoms. The molecule has 1 unspecified atom stereocenters. The lowest BCUT2D eigenvalue weighted by atomic mass is 10.1. The van der Waals surface area contributed by atoms with Crippen LogP contribution in [0.3, 0.4) is 0 Å². The lowest BCUT2D eigenvalue weighted by Crippen LogP contribution is -2.33. The minimum Gasteiger partial charge on any atom is -0.376 e. The summed E-state index contributed by atoms with van der Waals surface area (Å²) in [5.41, 5.74) is 1.08. The third-order valence-electron chi connectivity index (χ3n) is 2.06. The normalized spacial score (nSPS) is 13.3. The minimum atomic E-state index is 0.563. The molecule has 0 amide bonds. The quantitative estimate of drug-likeness (QED) is 0.485. The molecular formula is C11H23NO. The second-order valence-corrected chi connectivity index (χ2v) is 4.00. The van der Waals surface area contributed by atoms with Gasteiger partial charge >= 0.3 is 0 Å². The molecule has 1 N–H and O–H groups in total. The van der Waals surface area contributed by atoms with E-state index in [2.05, 4.69) is 32.7 Å². The standard InChI is InChI=1S/C11H23NO/c1-9(2)8-13-7-6-12-11(5)10(3)4/h10-12H,1,6-8H2,2-5H3. The third kappa shape index (κ3) is 8.00. The summed E-state index contributed by atoms with van der Waals surface area (Å²) in [5, 5.41) is 3.40. The molecule has 13 heavy (non-hydrogen) atoms. The molecule has 2 nitrogen and oxygen atoms in total. The summed E-state index contributed by atoms with van der Waals surface area (Å²) in [6.07, 6.45) is 0. The van der Waals surface area contributed by atoms with Crippen LogP contribution in [0.5, 0.6) is 0 Å². The van der Waals surface area contributed by atoms with Crippen molar-refractivity contribution in [3.8, 4) is 0 Å². The van der Waals surface area contributed by atoms with Gasteiger partial charge in [-0.1, -0.05) is 26.0 Å². The van der Waals surface area contributed by atoms with Gasteiger partial charge in [-0.05, 0) is 19.8 Å². The minimum absolute atomic E-state index is 0.563. The lowest BCUT2D eigenvalue weighted by Gasteiger charge is -2.17. The first-order valence-corrected chi connectivity index (χ1v) is 4.99. The van der Waals surface area contributed by atoms with Crippen LogP contribution in [0.25, 0.3) is 0 Å². The van der Waals surface area contributed by atoms with Crippen molar-refractivity contribution >= 4 is 0 Å². The maximum Gasteiger partial charge on any atom is 0.0672 e. The molecule has 0 rings (SSSR count). The SMILES string of the molecule is C=C(C)COCCNC(C)C(C)C. The third-order valence-corrected chi connectivity index (χ3v) is 2.06. The molecule has 1 atom stereocenters. The van der Waals surface area contributed by atoms with Gasteiger partial charge in [-0.25, -0.2) is 0 Å². The number of nitrogens with one attached hydrogen (secondary N) is 1. The highest BCUT2D eigenvalue weighted by Crippen LogP contribution is 1.98. The van der Waals surface area contributed by atoms with E-state index in [1.165, 1.54) is 0 Å². The van der Waals surface area contributed by atoms with Crippen LogP contribution in [0.1, 0.15) is 27.7 Å². The van der Waals surface area contributed by atoms with Crippen LogP contribution in [0.4, 0.5) is 0 Å². The van der Waals surface area contributed by atoms with Gasteiger partial charge in [-0.15, -0.1) is 0 Å². The van der Waals surface area contributed by atoms with E-state index in [-0.39, 0.29) is 0 Å². The molecule has 0 aliphatic heterocycles. The smallest absolute Gasteiger partial charge is 0.0672 e. The summed E-state index contributed by atoms with van der Waals surface area (Å²) < 4.78 is 5.36. The molecule has 0 heterocycles. The fourth-order valence-corrected chi connectivity index (χ4v) is 0.841. The van der Waals surface area contributed by atoms with E-state index >= 15 is 0 Å².